The highest BCUT2D eigenvalue weighted by molar-refractivity contribution is 5.78. The minimum absolute atomic E-state index is 0.0940. The highest BCUT2D eigenvalue weighted by Gasteiger charge is 2.24. The Hall–Kier alpha value is -1.75. The summed E-state index contributed by atoms with van der Waals surface area (Å²) in [6, 6.07) is 4.57. The van der Waals surface area contributed by atoms with Crippen LogP contribution in [0.25, 0.3) is 0 Å². The minimum atomic E-state index is -1.09. The number of ether oxygens (including phenoxy) is 1. The quantitative estimate of drug-likeness (QED) is 0.675. The molecule has 0 spiro atoms. The number of carboxylic acids is 1. The Kier molecular flexibility index (Phi) is 3.51. The lowest BCUT2D eigenvalue weighted by Crippen LogP contribution is -2.21. The molecule has 0 aromatic heterocycles. The summed E-state index contributed by atoms with van der Waals surface area (Å²) in [5.74, 6) is -1.83. The molecular formula is C10H13NO4. The molecule has 1 aromatic carbocycles. The van der Waals surface area contributed by atoms with Crippen LogP contribution in [0.2, 0.25) is 0 Å². The smallest absolute Gasteiger partial charge is 0.312 e. The van der Waals surface area contributed by atoms with Gasteiger partial charge in [0.15, 0.2) is 0 Å². The maximum atomic E-state index is 10.9. The van der Waals surface area contributed by atoms with Gasteiger partial charge in [0.1, 0.15) is 17.4 Å². The van der Waals surface area contributed by atoms with Gasteiger partial charge in [-0.3, -0.25) is 4.79 Å². The molecule has 0 radical (unpaired) electrons. The number of aliphatic carboxylic acids is 1. The van der Waals surface area contributed by atoms with Gasteiger partial charge in [0, 0.05) is 6.54 Å². The van der Waals surface area contributed by atoms with Gasteiger partial charge >= 0.3 is 5.97 Å². The molecule has 5 nitrogen and oxygen atoms in total. The monoisotopic (exact) mass is 211 g/mol. The first-order chi connectivity index (χ1) is 7.11. The molecule has 0 saturated heterocycles. The third-order valence-electron chi connectivity index (χ3n) is 2.15. The van der Waals surface area contributed by atoms with Crippen molar-refractivity contribution in [1.82, 2.24) is 0 Å². The Morgan fingerprint density at radius 2 is 2.27 bits per heavy atom. The Bertz CT molecular complexity index is 364. The van der Waals surface area contributed by atoms with E-state index in [1.165, 1.54) is 13.2 Å². The average Bonchev–Trinajstić information content (AvgIpc) is 2.21. The van der Waals surface area contributed by atoms with E-state index in [0.717, 1.165) is 0 Å². The number of methoxy groups -OCH3 is 1. The lowest BCUT2D eigenvalue weighted by molar-refractivity contribution is -0.138. The average molecular weight is 211 g/mol. The van der Waals surface area contributed by atoms with Gasteiger partial charge in [-0.2, -0.15) is 0 Å². The van der Waals surface area contributed by atoms with E-state index in [-0.39, 0.29) is 17.9 Å². The summed E-state index contributed by atoms with van der Waals surface area (Å²) in [6.07, 6.45) is 0. The third kappa shape index (κ3) is 2.19. The van der Waals surface area contributed by atoms with Crippen molar-refractivity contribution in [3.8, 4) is 11.5 Å². The van der Waals surface area contributed by atoms with E-state index in [1.807, 2.05) is 0 Å². The van der Waals surface area contributed by atoms with Gasteiger partial charge in [-0.1, -0.05) is 6.07 Å². The highest BCUT2D eigenvalue weighted by atomic mass is 16.5. The fourth-order valence-corrected chi connectivity index (χ4v) is 1.40. The fraction of sp³-hybridized carbons (Fsp3) is 0.300. The van der Waals surface area contributed by atoms with Crippen molar-refractivity contribution in [1.29, 1.82) is 0 Å². The molecule has 1 rings (SSSR count). The second-order valence-electron chi connectivity index (χ2n) is 3.02. The first kappa shape index (κ1) is 11.3. The fourth-order valence-electron chi connectivity index (χ4n) is 1.40. The molecule has 0 amide bonds. The van der Waals surface area contributed by atoms with Crippen molar-refractivity contribution >= 4 is 5.97 Å². The van der Waals surface area contributed by atoms with Crippen LogP contribution in [0.1, 0.15) is 11.5 Å². The first-order valence-corrected chi connectivity index (χ1v) is 4.40. The first-order valence-electron chi connectivity index (χ1n) is 4.40. The number of aromatic hydroxyl groups is 1. The van der Waals surface area contributed by atoms with Crippen molar-refractivity contribution in [2.24, 2.45) is 5.73 Å². The van der Waals surface area contributed by atoms with Gasteiger partial charge in [-0.15, -0.1) is 0 Å². The van der Waals surface area contributed by atoms with Crippen molar-refractivity contribution in [2.45, 2.75) is 5.92 Å². The molecule has 0 aliphatic carbocycles. The summed E-state index contributed by atoms with van der Waals surface area (Å²) in [4.78, 5) is 10.9. The maximum absolute atomic E-state index is 10.9. The van der Waals surface area contributed by atoms with E-state index in [4.69, 9.17) is 15.6 Å². The van der Waals surface area contributed by atoms with Crippen molar-refractivity contribution in [2.75, 3.05) is 13.7 Å². The molecule has 0 aliphatic rings. The van der Waals surface area contributed by atoms with Crippen LogP contribution in [0, 0.1) is 0 Å². The van der Waals surface area contributed by atoms with E-state index in [0.29, 0.717) is 5.75 Å². The van der Waals surface area contributed by atoms with Crippen molar-refractivity contribution in [3.05, 3.63) is 23.8 Å². The lowest BCUT2D eigenvalue weighted by Gasteiger charge is -2.15. The zero-order chi connectivity index (χ0) is 11.4. The standard InChI is InChI=1S/C10H13NO4/c1-15-8-4-2-3-7(12)9(8)6(5-11)10(13)14/h2-4,6,12H,5,11H2,1H3,(H,13,14). The van der Waals surface area contributed by atoms with Crippen LogP contribution in [0.15, 0.2) is 18.2 Å². The number of hydrogen-bond acceptors (Lipinski definition) is 4. The molecule has 0 heterocycles. The maximum Gasteiger partial charge on any atom is 0.312 e. The predicted molar refractivity (Wildman–Crippen MR) is 54.1 cm³/mol. The molecule has 1 aromatic rings. The summed E-state index contributed by atoms with van der Waals surface area (Å²) in [5.41, 5.74) is 5.57. The summed E-state index contributed by atoms with van der Waals surface area (Å²) >= 11 is 0. The lowest BCUT2D eigenvalue weighted by atomic mass is 9.97. The van der Waals surface area contributed by atoms with E-state index < -0.39 is 11.9 Å². The number of rotatable bonds is 4. The van der Waals surface area contributed by atoms with Gasteiger partial charge in [-0.25, -0.2) is 0 Å². The summed E-state index contributed by atoms with van der Waals surface area (Å²) in [5, 5.41) is 18.5. The largest absolute Gasteiger partial charge is 0.508 e. The molecule has 1 atom stereocenters. The van der Waals surface area contributed by atoms with Crippen LogP contribution in [0.4, 0.5) is 0 Å². The second-order valence-corrected chi connectivity index (χ2v) is 3.02. The number of phenols is 1. The molecular weight excluding hydrogens is 198 g/mol. The number of phenolic OH excluding ortho intramolecular Hbond substituents is 1. The van der Waals surface area contributed by atoms with Crippen LogP contribution in [-0.2, 0) is 4.79 Å². The zero-order valence-electron chi connectivity index (χ0n) is 8.30. The van der Waals surface area contributed by atoms with Crippen LogP contribution >= 0.6 is 0 Å². The second kappa shape index (κ2) is 4.65. The molecule has 4 N–H and O–H groups in total. The Labute approximate surface area is 87.1 Å². The Morgan fingerprint density at radius 3 is 2.73 bits per heavy atom. The van der Waals surface area contributed by atoms with Crippen LogP contribution in [0.5, 0.6) is 11.5 Å². The Balaban J connectivity index is 3.26. The molecule has 5 heteroatoms. The highest BCUT2D eigenvalue weighted by Crippen LogP contribution is 2.34. The number of hydrogen-bond donors (Lipinski definition) is 3. The molecule has 15 heavy (non-hydrogen) atoms. The molecule has 0 fully saturated rings. The molecule has 82 valence electrons. The van der Waals surface area contributed by atoms with Gasteiger partial charge in [-0.05, 0) is 12.1 Å². The van der Waals surface area contributed by atoms with E-state index in [1.54, 1.807) is 12.1 Å². The topological polar surface area (TPSA) is 92.8 Å². The van der Waals surface area contributed by atoms with E-state index in [9.17, 15) is 9.90 Å². The summed E-state index contributed by atoms with van der Waals surface area (Å²) in [7, 11) is 1.41. The predicted octanol–water partition coefficient (Wildman–Crippen LogP) is 0.528. The minimum Gasteiger partial charge on any atom is -0.508 e. The van der Waals surface area contributed by atoms with Gasteiger partial charge in [0.05, 0.1) is 12.7 Å². The van der Waals surface area contributed by atoms with Crippen LogP contribution in [-0.4, -0.2) is 29.8 Å². The summed E-state index contributed by atoms with van der Waals surface area (Å²) < 4.78 is 4.98. The van der Waals surface area contributed by atoms with Gasteiger partial charge in [0.25, 0.3) is 0 Å². The number of nitrogens with two attached hydrogens (primary N) is 1. The van der Waals surface area contributed by atoms with E-state index in [2.05, 4.69) is 0 Å². The molecule has 0 bridgehead atoms. The van der Waals surface area contributed by atoms with Crippen LogP contribution in [0.3, 0.4) is 0 Å². The number of benzene rings is 1. The third-order valence-corrected chi connectivity index (χ3v) is 2.15. The van der Waals surface area contributed by atoms with Gasteiger partial charge in [0.2, 0.25) is 0 Å². The van der Waals surface area contributed by atoms with Crippen LogP contribution < -0.4 is 10.5 Å². The van der Waals surface area contributed by atoms with Crippen molar-refractivity contribution < 1.29 is 19.7 Å². The van der Waals surface area contributed by atoms with E-state index >= 15 is 0 Å². The molecule has 0 aliphatic heterocycles. The molecule has 1 unspecified atom stereocenters. The number of carbonyl (C=O) groups is 1. The molecule has 0 saturated carbocycles. The SMILES string of the molecule is COc1cccc(O)c1C(CN)C(=O)O. The normalized spacial score (nSPS) is 12.1. The number of carboxylic acid groups (broad SMARTS) is 1. The summed E-state index contributed by atoms with van der Waals surface area (Å²) in [6.45, 7) is -0.0940. The Morgan fingerprint density at radius 1 is 1.60 bits per heavy atom. The van der Waals surface area contributed by atoms with Crippen molar-refractivity contribution in [3.63, 3.8) is 0 Å². The zero-order valence-corrected chi connectivity index (χ0v) is 8.30. The van der Waals surface area contributed by atoms with Gasteiger partial charge < -0.3 is 20.7 Å².